The number of fused-ring (bicyclic) bond motifs is 5. The van der Waals surface area contributed by atoms with E-state index in [4.69, 9.17) is 0 Å². The molecule has 6 nitrogen and oxygen atoms in total. The van der Waals surface area contributed by atoms with Gasteiger partial charge in [0.2, 0.25) is 0 Å². The van der Waals surface area contributed by atoms with Crippen LogP contribution in [0.3, 0.4) is 0 Å². The zero-order valence-corrected chi connectivity index (χ0v) is 22.5. The van der Waals surface area contributed by atoms with E-state index in [0.717, 1.165) is 51.3 Å². The molecule has 5 aliphatic rings. The molecule has 4 fully saturated rings. The second kappa shape index (κ2) is 9.16. The third kappa shape index (κ3) is 4.02. The molecule has 6 heteroatoms. The predicted molar refractivity (Wildman–Crippen MR) is 144 cm³/mol. The van der Waals surface area contributed by atoms with Crippen molar-refractivity contribution in [3.05, 3.63) is 48.2 Å². The molecule has 3 saturated carbocycles. The normalized spacial score (nSPS) is 41.6. The molecule has 0 radical (unpaired) electrons. The molecule has 1 saturated heterocycles. The second-order valence-electron chi connectivity index (χ2n) is 12.9. The van der Waals surface area contributed by atoms with Crippen molar-refractivity contribution in [2.75, 3.05) is 37.6 Å². The Morgan fingerprint density at radius 2 is 1.97 bits per heavy atom. The van der Waals surface area contributed by atoms with Gasteiger partial charge in [-0.3, -0.25) is 14.5 Å². The molecule has 37 heavy (non-hydrogen) atoms. The van der Waals surface area contributed by atoms with Crippen molar-refractivity contribution in [3.63, 3.8) is 0 Å². The molecule has 2 heterocycles. The third-order valence-electron chi connectivity index (χ3n) is 10.9. The Balaban J connectivity index is 1.17. The number of anilines is 1. The predicted octanol–water partition coefficient (Wildman–Crippen LogP) is 3.91. The van der Waals surface area contributed by atoms with Crippen LogP contribution >= 0.6 is 0 Å². The van der Waals surface area contributed by atoms with Gasteiger partial charge >= 0.3 is 0 Å². The van der Waals surface area contributed by atoms with E-state index in [1.165, 1.54) is 5.57 Å². The summed E-state index contributed by atoms with van der Waals surface area (Å²) < 4.78 is 0. The van der Waals surface area contributed by atoms with E-state index in [1.807, 2.05) is 24.4 Å². The molecule has 0 amide bonds. The number of ketones is 2. The lowest BCUT2D eigenvalue weighted by molar-refractivity contribution is -0.141. The quantitative estimate of drug-likeness (QED) is 0.672. The molecular formula is C31H41N3O3. The molecule has 4 aliphatic carbocycles. The van der Waals surface area contributed by atoms with Gasteiger partial charge in [0.25, 0.3) is 0 Å². The van der Waals surface area contributed by atoms with Crippen LogP contribution in [0.25, 0.3) is 0 Å². The van der Waals surface area contributed by atoms with Gasteiger partial charge in [0.05, 0.1) is 12.6 Å². The van der Waals surface area contributed by atoms with Crippen LogP contribution in [0.2, 0.25) is 0 Å². The SMILES string of the molecule is CC1C[C@H]2[C@@H]3CCC4=CC(=O)C=C[C@]4(C)[C@H]3C(O)C[C@]2(C)[C@H]1C(=O)CN1CCN(c2ccccn2)CC1. The van der Waals surface area contributed by atoms with Crippen LogP contribution in [0.15, 0.2) is 48.2 Å². The number of hydrogen-bond donors (Lipinski definition) is 1. The summed E-state index contributed by atoms with van der Waals surface area (Å²) in [5, 5.41) is 11.7. The standard InChI is InChI=1S/C31H41N3O3/c1-20-16-24-23-8-7-21-17-22(35)9-10-30(21,2)29(23)25(36)18-31(24,3)28(20)26(37)19-33-12-14-34(15-13-33)27-6-4-5-11-32-27/h4-6,9-11,17,20,23-25,28-29,36H,7-8,12-16,18-19H2,1-3H3/t20?,23-,24-,25?,28+,29+,30-,31-/m0/s1. The number of piperazine rings is 1. The molecule has 0 aromatic carbocycles. The number of Topliss-reactive ketones (excluding diaryl/α,β-unsaturated/α-hetero) is 1. The van der Waals surface area contributed by atoms with Gasteiger partial charge in [-0.1, -0.05) is 38.5 Å². The summed E-state index contributed by atoms with van der Waals surface area (Å²) in [5.41, 5.74) is 0.766. The first kappa shape index (κ1) is 25.0. The number of hydrogen-bond acceptors (Lipinski definition) is 6. The summed E-state index contributed by atoms with van der Waals surface area (Å²) in [6.07, 6.45) is 10.6. The average Bonchev–Trinajstić information content (AvgIpc) is 3.14. The van der Waals surface area contributed by atoms with Crippen molar-refractivity contribution in [1.82, 2.24) is 9.88 Å². The van der Waals surface area contributed by atoms with Crippen LogP contribution in [-0.4, -0.2) is 65.4 Å². The first-order chi connectivity index (χ1) is 17.7. The highest BCUT2D eigenvalue weighted by atomic mass is 16.3. The van der Waals surface area contributed by atoms with Crippen LogP contribution in [-0.2, 0) is 9.59 Å². The van der Waals surface area contributed by atoms with Crippen LogP contribution in [0, 0.1) is 40.4 Å². The van der Waals surface area contributed by atoms with Gasteiger partial charge in [0.1, 0.15) is 5.82 Å². The third-order valence-corrected chi connectivity index (χ3v) is 10.9. The zero-order valence-electron chi connectivity index (χ0n) is 22.5. The molecule has 1 N–H and O–H groups in total. The van der Waals surface area contributed by atoms with Gasteiger partial charge in [-0.15, -0.1) is 0 Å². The fourth-order valence-electron chi connectivity index (χ4n) is 9.37. The Labute approximate surface area is 220 Å². The lowest BCUT2D eigenvalue weighted by Crippen LogP contribution is -2.57. The van der Waals surface area contributed by atoms with Gasteiger partial charge in [0, 0.05) is 49.6 Å². The van der Waals surface area contributed by atoms with Gasteiger partial charge in [-0.2, -0.15) is 0 Å². The fraction of sp³-hybridized carbons (Fsp3) is 0.645. The number of rotatable bonds is 4. The van der Waals surface area contributed by atoms with Crippen molar-refractivity contribution < 1.29 is 14.7 Å². The maximum Gasteiger partial charge on any atom is 0.178 e. The molecule has 1 aromatic rings. The molecule has 0 bridgehead atoms. The maximum absolute atomic E-state index is 13.9. The summed E-state index contributed by atoms with van der Waals surface area (Å²) in [5.74, 6) is 2.71. The van der Waals surface area contributed by atoms with E-state index >= 15 is 0 Å². The number of carbonyl (C=O) groups is 2. The number of pyridine rings is 1. The summed E-state index contributed by atoms with van der Waals surface area (Å²) >= 11 is 0. The number of carbonyl (C=O) groups excluding carboxylic acids is 2. The molecule has 2 unspecified atom stereocenters. The van der Waals surface area contributed by atoms with Crippen molar-refractivity contribution >= 4 is 17.4 Å². The largest absolute Gasteiger partial charge is 0.393 e. The van der Waals surface area contributed by atoms with E-state index in [-0.39, 0.29) is 28.4 Å². The molecule has 6 rings (SSSR count). The molecular weight excluding hydrogens is 462 g/mol. The molecule has 198 valence electrons. The number of allylic oxidation sites excluding steroid dienone is 4. The van der Waals surface area contributed by atoms with Gasteiger partial charge in [-0.05, 0) is 73.1 Å². The van der Waals surface area contributed by atoms with Gasteiger partial charge in [-0.25, -0.2) is 4.98 Å². The lowest BCUT2D eigenvalue weighted by Gasteiger charge is -2.58. The number of nitrogens with zero attached hydrogens (tertiary/aromatic N) is 3. The monoisotopic (exact) mass is 503 g/mol. The average molecular weight is 504 g/mol. The van der Waals surface area contributed by atoms with Gasteiger partial charge in [0.15, 0.2) is 11.6 Å². The van der Waals surface area contributed by atoms with Crippen LogP contribution in [0.5, 0.6) is 0 Å². The summed E-state index contributed by atoms with van der Waals surface area (Å²) in [6.45, 7) is 10.8. The van der Waals surface area contributed by atoms with E-state index < -0.39 is 6.10 Å². The second-order valence-corrected chi connectivity index (χ2v) is 12.9. The topological polar surface area (TPSA) is 73.7 Å². The van der Waals surface area contributed by atoms with E-state index in [0.29, 0.717) is 36.5 Å². The first-order valence-electron chi connectivity index (χ1n) is 14.2. The minimum atomic E-state index is -0.458. The molecule has 0 spiro atoms. The highest BCUT2D eigenvalue weighted by molar-refractivity contribution is 6.01. The molecule has 1 aromatic heterocycles. The van der Waals surface area contributed by atoms with Crippen molar-refractivity contribution in [2.24, 2.45) is 40.4 Å². The summed E-state index contributed by atoms with van der Waals surface area (Å²) in [6, 6.07) is 6.01. The Morgan fingerprint density at radius 3 is 2.70 bits per heavy atom. The highest BCUT2D eigenvalue weighted by Crippen LogP contribution is 2.67. The molecule has 8 atom stereocenters. The Kier molecular flexibility index (Phi) is 6.19. The maximum atomic E-state index is 13.9. The minimum Gasteiger partial charge on any atom is -0.393 e. The number of aliphatic hydroxyl groups excluding tert-OH is 1. The Bertz CT molecular complexity index is 1120. The van der Waals surface area contributed by atoms with Gasteiger partial charge < -0.3 is 10.0 Å². The van der Waals surface area contributed by atoms with Crippen molar-refractivity contribution in [2.45, 2.75) is 52.6 Å². The van der Waals surface area contributed by atoms with E-state index in [2.05, 4.69) is 47.7 Å². The highest BCUT2D eigenvalue weighted by Gasteiger charge is 2.64. The lowest BCUT2D eigenvalue weighted by atomic mass is 9.46. The van der Waals surface area contributed by atoms with E-state index in [1.54, 1.807) is 6.08 Å². The van der Waals surface area contributed by atoms with E-state index in [9.17, 15) is 14.7 Å². The smallest absolute Gasteiger partial charge is 0.178 e. The van der Waals surface area contributed by atoms with Crippen LogP contribution < -0.4 is 4.90 Å². The van der Waals surface area contributed by atoms with Crippen LogP contribution in [0.1, 0.15) is 46.5 Å². The Morgan fingerprint density at radius 1 is 1.19 bits per heavy atom. The molecule has 1 aliphatic heterocycles. The van der Waals surface area contributed by atoms with Crippen molar-refractivity contribution in [1.29, 1.82) is 0 Å². The zero-order chi connectivity index (χ0) is 25.9. The summed E-state index contributed by atoms with van der Waals surface area (Å²) in [4.78, 5) is 35.1. The minimum absolute atomic E-state index is 0.00450. The van der Waals surface area contributed by atoms with Crippen LogP contribution in [0.4, 0.5) is 5.82 Å². The number of aliphatic hydroxyl groups is 1. The first-order valence-corrected chi connectivity index (χ1v) is 14.2. The number of aromatic nitrogens is 1. The summed E-state index contributed by atoms with van der Waals surface area (Å²) in [7, 11) is 0. The fourth-order valence-corrected chi connectivity index (χ4v) is 9.37. The Hall–Kier alpha value is -2.31. The van der Waals surface area contributed by atoms with Crippen molar-refractivity contribution in [3.8, 4) is 0 Å².